The molecule has 0 spiro atoms. The summed E-state index contributed by atoms with van der Waals surface area (Å²) in [6, 6.07) is 11.4. The van der Waals surface area contributed by atoms with E-state index in [1.54, 1.807) is 12.1 Å². The maximum atomic E-state index is 13.0. The second-order valence-corrected chi connectivity index (χ2v) is 6.46. The summed E-state index contributed by atoms with van der Waals surface area (Å²) in [6.07, 6.45) is 1.02. The van der Waals surface area contributed by atoms with Gasteiger partial charge in [0, 0.05) is 6.26 Å². The fourth-order valence-corrected chi connectivity index (χ4v) is 2.69. The largest absolute Gasteiger partial charge is 0.457 e. The van der Waals surface area contributed by atoms with Crippen LogP contribution in [0.25, 0.3) is 0 Å². The van der Waals surface area contributed by atoms with E-state index < -0.39 is 21.6 Å². The quantitative estimate of drug-likeness (QED) is 0.815. The molecule has 0 aliphatic heterocycles. The van der Waals surface area contributed by atoms with Gasteiger partial charge in [-0.1, -0.05) is 24.3 Å². The van der Waals surface area contributed by atoms with Crippen molar-refractivity contribution in [2.45, 2.75) is 11.5 Å². The molecule has 0 unspecified atom stereocenters. The minimum absolute atomic E-state index is 0.0311. The number of esters is 1. The van der Waals surface area contributed by atoms with Crippen LogP contribution in [-0.4, -0.2) is 20.6 Å². The molecule has 0 fully saturated rings. The lowest BCUT2D eigenvalue weighted by molar-refractivity contribution is 0.0467. The van der Waals surface area contributed by atoms with Crippen LogP contribution in [0.4, 0.5) is 4.39 Å². The first-order chi connectivity index (χ1) is 9.88. The molecule has 21 heavy (non-hydrogen) atoms. The summed E-state index contributed by atoms with van der Waals surface area (Å²) >= 11 is 0. The van der Waals surface area contributed by atoms with Crippen molar-refractivity contribution in [2.24, 2.45) is 0 Å². The highest BCUT2D eigenvalue weighted by atomic mass is 32.2. The monoisotopic (exact) mass is 308 g/mol. The van der Waals surface area contributed by atoms with Crippen molar-refractivity contribution in [1.29, 1.82) is 0 Å². The third-order valence-electron chi connectivity index (χ3n) is 2.77. The van der Waals surface area contributed by atoms with Crippen molar-refractivity contribution >= 4 is 15.8 Å². The van der Waals surface area contributed by atoms with E-state index in [0.29, 0.717) is 5.56 Å². The summed E-state index contributed by atoms with van der Waals surface area (Å²) in [5.41, 5.74) is 0.455. The van der Waals surface area contributed by atoms with Crippen LogP contribution in [0.1, 0.15) is 15.9 Å². The van der Waals surface area contributed by atoms with Crippen LogP contribution in [0.15, 0.2) is 53.4 Å². The maximum Gasteiger partial charge on any atom is 0.339 e. The molecule has 0 aromatic heterocycles. The van der Waals surface area contributed by atoms with E-state index in [1.165, 1.54) is 36.4 Å². The van der Waals surface area contributed by atoms with Crippen molar-refractivity contribution in [3.8, 4) is 0 Å². The molecular weight excluding hydrogens is 295 g/mol. The van der Waals surface area contributed by atoms with Gasteiger partial charge >= 0.3 is 5.97 Å². The lowest BCUT2D eigenvalue weighted by atomic mass is 10.2. The predicted molar refractivity (Wildman–Crippen MR) is 75.1 cm³/mol. The van der Waals surface area contributed by atoms with Gasteiger partial charge in [-0.3, -0.25) is 0 Å². The van der Waals surface area contributed by atoms with E-state index in [4.69, 9.17) is 4.74 Å². The van der Waals surface area contributed by atoms with Crippen LogP contribution < -0.4 is 0 Å². The number of hydrogen-bond donors (Lipinski definition) is 0. The molecule has 0 saturated heterocycles. The third-order valence-corrected chi connectivity index (χ3v) is 3.92. The van der Waals surface area contributed by atoms with Gasteiger partial charge in [0.2, 0.25) is 0 Å². The number of rotatable bonds is 4. The number of carbonyl (C=O) groups excluding carboxylic acids is 1. The Morgan fingerprint density at radius 1 is 1.14 bits per heavy atom. The Balaban J connectivity index is 2.18. The summed E-state index contributed by atoms with van der Waals surface area (Å²) in [4.78, 5) is 11.9. The standard InChI is InChI=1S/C15H13FO4S/c1-21(18,19)14-8-3-2-7-13(14)15(17)20-10-11-5-4-6-12(16)9-11/h2-9H,10H2,1H3. The minimum Gasteiger partial charge on any atom is -0.457 e. The van der Waals surface area contributed by atoms with Gasteiger partial charge in [-0.05, 0) is 29.8 Å². The Bertz CT molecular complexity index is 769. The fraction of sp³-hybridized carbons (Fsp3) is 0.133. The smallest absolute Gasteiger partial charge is 0.339 e. The Kier molecular flexibility index (Phi) is 4.37. The van der Waals surface area contributed by atoms with Crippen LogP contribution >= 0.6 is 0 Å². The normalized spacial score (nSPS) is 11.1. The summed E-state index contributed by atoms with van der Waals surface area (Å²) in [5, 5.41) is 0. The van der Waals surface area contributed by atoms with Crippen LogP contribution in [0.3, 0.4) is 0 Å². The summed E-state index contributed by atoms with van der Waals surface area (Å²) in [6.45, 7) is -0.130. The molecular formula is C15H13FO4S. The van der Waals surface area contributed by atoms with Crippen molar-refractivity contribution < 1.29 is 22.3 Å². The van der Waals surface area contributed by atoms with Gasteiger partial charge in [0.1, 0.15) is 12.4 Å². The number of ether oxygens (including phenoxy) is 1. The minimum atomic E-state index is -3.53. The maximum absolute atomic E-state index is 13.0. The SMILES string of the molecule is CS(=O)(=O)c1ccccc1C(=O)OCc1cccc(F)c1. The zero-order chi connectivity index (χ0) is 15.5. The molecule has 4 nitrogen and oxygen atoms in total. The van der Waals surface area contributed by atoms with Crippen molar-refractivity contribution in [2.75, 3.05) is 6.26 Å². The predicted octanol–water partition coefficient (Wildman–Crippen LogP) is 2.59. The van der Waals surface area contributed by atoms with Gasteiger partial charge < -0.3 is 4.74 Å². The first kappa shape index (κ1) is 15.2. The highest BCUT2D eigenvalue weighted by Crippen LogP contribution is 2.17. The number of benzene rings is 2. The molecule has 2 aromatic rings. The van der Waals surface area contributed by atoms with Crippen molar-refractivity contribution in [3.05, 3.63) is 65.5 Å². The van der Waals surface area contributed by atoms with Crippen LogP contribution in [0.5, 0.6) is 0 Å². The molecule has 2 aromatic carbocycles. The highest BCUT2D eigenvalue weighted by Gasteiger charge is 2.19. The van der Waals surface area contributed by atoms with E-state index >= 15 is 0 Å². The second kappa shape index (κ2) is 6.05. The fourth-order valence-electron chi connectivity index (χ4n) is 1.81. The average molecular weight is 308 g/mol. The van der Waals surface area contributed by atoms with Crippen molar-refractivity contribution in [3.63, 3.8) is 0 Å². The van der Waals surface area contributed by atoms with E-state index in [2.05, 4.69) is 0 Å². The van der Waals surface area contributed by atoms with Crippen LogP contribution in [0, 0.1) is 5.82 Å². The molecule has 110 valence electrons. The van der Waals surface area contributed by atoms with Gasteiger partial charge in [-0.2, -0.15) is 0 Å². The summed E-state index contributed by atoms with van der Waals surface area (Å²) in [7, 11) is -3.53. The second-order valence-electron chi connectivity index (χ2n) is 4.47. The average Bonchev–Trinajstić information content (AvgIpc) is 2.44. The molecule has 0 bridgehead atoms. The van der Waals surface area contributed by atoms with Crippen LogP contribution in [0.2, 0.25) is 0 Å². The van der Waals surface area contributed by atoms with Crippen LogP contribution in [-0.2, 0) is 21.2 Å². The lowest BCUT2D eigenvalue weighted by Gasteiger charge is -2.08. The Morgan fingerprint density at radius 3 is 2.52 bits per heavy atom. The Morgan fingerprint density at radius 2 is 1.86 bits per heavy atom. The molecule has 2 rings (SSSR count). The van der Waals surface area contributed by atoms with E-state index in [1.807, 2.05) is 0 Å². The van der Waals surface area contributed by atoms with Gasteiger partial charge in [-0.25, -0.2) is 17.6 Å². The molecule has 6 heteroatoms. The zero-order valence-corrected chi connectivity index (χ0v) is 12.1. The summed E-state index contributed by atoms with van der Waals surface area (Å²) in [5.74, 6) is -1.19. The summed E-state index contributed by atoms with van der Waals surface area (Å²) < 4.78 is 41.3. The van der Waals surface area contributed by atoms with E-state index in [-0.39, 0.29) is 17.1 Å². The number of sulfone groups is 1. The molecule has 0 radical (unpaired) electrons. The van der Waals surface area contributed by atoms with E-state index in [0.717, 1.165) is 6.26 Å². The van der Waals surface area contributed by atoms with Gasteiger partial charge in [0.15, 0.2) is 9.84 Å². The molecule has 0 amide bonds. The molecule has 0 aliphatic carbocycles. The third kappa shape index (κ3) is 3.88. The first-order valence-corrected chi connectivity index (χ1v) is 7.98. The molecule has 0 N–H and O–H groups in total. The Hall–Kier alpha value is -2.21. The highest BCUT2D eigenvalue weighted by molar-refractivity contribution is 7.90. The first-order valence-electron chi connectivity index (χ1n) is 6.08. The van der Waals surface area contributed by atoms with Gasteiger partial charge in [0.05, 0.1) is 10.5 Å². The van der Waals surface area contributed by atoms with Gasteiger partial charge in [0.25, 0.3) is 0 Å². The van der Waals surface area contributed by atoms with Crippen molar-refractivity contribution in [1.82, 2.24) is 0 Å². The van der Waals surface area contributed by atoms with Gasteiger partial charge in [-0.15, -0.1) is 0 Å². The zero-order valence-electron chi connectivity index (χ0n) is 11.2. The number of hydrogen-bond acceptors (Lipinski definition) is 4. The molecule has 0 saturated carbocycles. The molecule has 0 atom stereocenters. The topological polar surface area (TPSA) is 60.4 Å². The Labute approximate surface area is 122 Å². The number of halogens is 1. The van der Waals surface area contributed by atoms with E-state index in [9.17, 15) is 17.6 Å². The number of carbonyl (C=O) groups is 1. The molecule has 0 heterocycles. The molecule has 0 aliphatic rings. The lowest BCUT2D eigenvalue weighted by Crippen LogP contribution is -2.11.